The lowest BCUT2D eigenvalue weighted by Crippen LogP contribution is -2.14. The van der Waals surface area contributed by atoms with E-state index in [4.69, 9.17) is 10.2 Å². The average Bonchev–Trinajstić information content (AvgIpc) is 3.20. The fraction of sp³-hybridized carbons (Fsp3) is 0.0500. The van der Waals surface area contributed by atoms with E-state index in [9.17, 15) is 4.79 Å². The Morgan fingerprint density at radius 2 is 2.04 bits per heavy atom. The molecular formula is C20H15N5O2. The molecule has 0 aliphatic carbocycles. The number of hydrogen-bond donors (Lipinski definition) is 2. The summed E-state index contributed by atoms with van der Waals surface area (Å²) in [6, 6.07) is 14.8. The van der Waals surface area contributed by atoms with Crippen molar-refractivity contribution < 1.29 is 4.42 Å². The molecule has 132 valence electrons. The highest BCUT2D eigenvalue weighted by Crippen LogP contribution is 2.29. The molecule has 0 unspecified atom stereocenters. The Morgan fingerprint density at radius 3 is 2.85 bits per heavy atom. The minimum absolute atomic E-state index is 0.250. The van der Waals surface area contributed by atoms with E-state index in [0.29, 0.717) is 22.6 Å². The highest BCUT2D eigenvalue weighted by atomic mass is 16.3. The Balaban J connectivity index is 1.77. The number of furan rings is 1. The number of benzene rings is 1. The number of rotatable bonds is 2. The van der Waals surface area contributed by atoms with Gasteiger partial charge in [0, 0.05) is 17.6 Å². The lowest BCUT2D eigenvalue weighted by atomic mass is 10.1. The summed E-state index contributed by atoms with van der Waals surface area (Å²) < 4.78 is 6.89. The van der Waals surface area contributed by atoms with Gasteiger partial charge in [0.2, 0.25) is 0 Å². The van der Waals surface area contributed by atoms with Crippen LogP contribution < -0.4 is 11.3 Å². The van der Waals surface area contributed by atoms with Crippen molar-refractivity contribution in [2.24, 2.45) is 0 Å². The van der Waals surface area contributed by atoms with E-state index in [1.807, 2.05) is 49.4 Å². The quantitative estimate of drug-likeness (QED) is 0.504. The van der Waals surface area contributed by atoms with E-state index in [1.165, 1.54) is 10.6 Å². The number of aromatic amines is 1. The SMILES string of the molecule is Cc1cc2cc(-c3cc(=O)n4nc(N)c(-c5ccccn5)c4[nH]3)ccc2o1. The molecule has 0 fully saturated rings. The zero-order chi connectivity index (χ0) is 18.5. The zero-order valence-corrected chi connectivity index (χ0v) is 14.4. The maximum atomic E-state index is 12.6. The number of fused-ring (bicyclic) bond motifs is 2. The molecule has 0 saturated heterocycles. The molecule has 5 aromatic rings. The zero-order valence-electron chi connectivity index (χ0n) is 14.4. The molecule has 0 radical (unpaired) electrons. The summed E-state index contributed by atoms with van der Waals surface area (Å²) in [5.41, 5.74) is 9.93. The summed E-state index contributed by atoms with van der Waals surface area (Å²) in [4.78, 5) is 20.3. The van der Waals surface area contributed by atoms with E-state index < -0.39 is 0 Å². The van der Waals surface area contributed by atoms with E-state index >= 15 is 0 Å². The monoisotopic (exact) mass is 357 g/mol. The van der Waals surface area contributed by atoms with Crippen molar-refractivity contribution in [3.8, 4) is 22.5 Å². The van der Waals surface area contributed by atoms with Crippen LogP contribution in [-0.2, 0) is 0 Å². The fourth-order valence-electron chi connectivity index (χ4n) is 3.32. The van der Waals surface area contributed by atoms with Gasteiger partial charge in [-0.25, -0.2) is 0 Å². The predicted octanol–water partition coefficient (Wildman–Crippen LogP) is 3.39. The van der Waals surface area contributed by atoms with E-state index in [2.05, 4.69) is 15.1 Å². The van der Waals surface area contributed by atoms with Crippen LogP contribution in [-0.4, -0.2) is 19.6 Å². The molecule has 0 bridgehead atoms. The highest BCUT2D eigenvalue weighted by molar-refractivity contribution is 5.87. The summed E-state index contributed by atoms with van der Waals surface area (Å²) in [6.45, 7) is 1.90. The van der Waals surface area contributed by atoms with Gasteiger partial charge in [-0.15, -0.1) is 5.10 Å². The molecule has 0 spiro atoms. The van der Waals surface area contributed by atoms with Crippen LogP contribution in [0, 0.1) is 6.92 Å². The van der Waals surface area contributed by atoms with Crippen LogP contribution in [0.2, 0.25) is 0 Å². The summed E-state index contributed by atoms with van der Waals surface area (Å²) in [6.07, 6.45) is 1.68. The standard InChI is InChI=1S/C20H15N5O2/c1-11-8-13-9-12(5-6-16(13)27-11)15-10-17(26)25-20(23-15)18(19(21)24-25)14-4-2-3-7-22-14/h2-10,23H,1H3,(H2,21,24). The van der Waals surface area contributed by atoms with Crippen LogP contribution in [0.25, 0.3) is 39.1 Å². The Hall–Kier alpha value is -3.87. The third kappa shape index (κ3) is 2.40. The predicted molar refractivity (Wildman–Crippen MR) is 103 cm³/mol. The maximum Gasteiger partial charge on any atom is 0.274 e. The van der Waals surface area contributed by atoms with Crippen LogP contribution >= 0.6 is 0 Å². The van der Waals surface area contributed by atoms with Gasteiger partial charge in [0.05, 0.1) is 17.0 Å². The Kier molecular flexibility index (Phi) is 3.17. The summed E-state index contributed by atoms with van der Waals surface area (Å²) in [5, 5.41) is 5.15. The number of aromatic nitrogens is 4. The largest absolute Gasteiger partial charge is 0.461 e. The topological polar surface area (TPSA) is 102 Å². The molecule has 4 heterocycles. The van der Waals surface area contributed by atoms with Crippen LogP contribution in [0.1, 0.15) is 5.76 Å². The van der Waals surface area contributed by atoms with Crippen LogP contribution in [0.4, 0.5) is 5.82 Å². The van der Waals surface area contributed by atoms with Crippen molar-refractivity contribution in [2.75, 3.05) is 5.73 Å². The first-order valence-corrected chi connectivity index (χ1v) is 8.44. The third-order valence-electron chi connectivity index (χ3n) is 4.51. The molecule has 7 heteroatoms. The average molecular weight is 357 g/mol. The number of H-pyrrole nitrogens is 1. The number of nitrogens with two attached hydrogens (primary N) is 1. The van der Waals surface area contributed by atoms with Gasteiger partial charge < -0.3 is 15.1 Å². The van der Waals surface area contributed by atoms with Gasteiger partial charge in [0.15, 0.2) is 5.82 Å². The molecule has 1 aromatic carbocycles. The van der Waals surface area contributed by atoms with Gasteiger partial charge in [-0.3, -0.25) is 9.78 Å². The summed E-state index contributed by atoms with van der Waals surface area (Å²) in [7, 11) is 0. The second-order valence-corrected chi connectivity index (χ2v) is 6.37. The molecule has 3 N–H and O–H groups in total. The normalized spacial score (nSPS) is 11.4. The van der Waals surface area contributed by atoms with Gasteiger partial charge in [-0.2, -0.15) is 4.52 Å². The van der Waals surface area contributed by atoms with Crippen molar-refractivity contribution >= 4 is 22.4 Å². The van der Waals surface area contributed by atoms with E-state index in [-0.39, 0.29) is 11.4 Å². The second kappa shape index (κ2) is 5.57. The van der Waals surface area contributed by atoms with E-state index in [1.54, 1.807) is 6.20 Å². The number of nitrogens with zero attached hydrogens (tertiary/aromatic N) is 3. The molecule has 27 heavy (non-hydrogen) atoms. The molecular weight excluding hydrogens is 342 g/mol. The van der Waals surface area contributed by atoms with Crippen molar-refractivity contribution in [2.45, 2.75) is 6.92 Å². The van der Waals surface area contributed by atoms with Gasteiger partial charge in [0.1, 0.15) is 17.0 Å². The van der Waals surface area contributed by atoms with Crippen molar-refractivity contribution in [3.05, 3.63) is 70.8 Å². The van der Waals surface area contributed by atoms with Crippen molar-refractivity contribution in [1.29, 1.82) is 0 Å². The molecule has 0 atom stereocenters. The van der Waals surface area contributed by atoms with E-state index in [0.717, 1.165) is 22.3 Å². The molecule has 0 amide bonds. The molecule has 0 aliphatic heterocycles. The first-order chi connectivity index (χ1) is 13.1. The van der Waals surface area contributed by atoms with Crippen molar-refractivity contribution in [1.82, 2.24) is 19.6 Å². The molecule has 4 aromatic heterocycles. The first kappa shape index (κ1) is 15.4. The molecule has 0 saturated carbocycles. The Bertz CT molecular complexity index is 1360. The smallest absolute Gasteiger partial charge is 0.274 e. The Labute approximate surface area is 153 Å². The number of pyridine rings is 1. The summed E-state index contributed by atoms with van der Waals surface area (Å²) in [5.74, 6) is 1.09. The van der Waals surface area contributed by atoms with Crippen LogP contribution in [0.15, 0.2) is 63.9 Å². The lowest BCUT2D eigenvalue weighted by Gasteiger charge is -2.05. The maximum absolute atomic E-state index is 12.6. The molecule has 5 rings (SSSR count). The Morgan fingerprint density at radius 1 is 1.15 bits per heavy atom. The van der Waals surface area contributed by atoms with Gasteiger partial charge >= 0.3 is 0 Å². The number of aryl methyl sites for hydroxylation is 1. The second-order valence-electron chi connectivity index (χ2n) is 6.37. The van der Waals surface area contributed by atoms with Gasteiger partial charge in [-0.05, 0) is 48.9 Å². The van der Waals surface area contributed by atoms with Crippen LogP contribution in [0.3, 0.4) is 0 Å². The minimum Gasteiger partial charge on any atom is -0.461 e. The number of nitrogens with one attached hydrogen (secondary N) is 1. The minimum atomic E-state index is -0.267. The lowest BCUT2D eigenvalue weighted by molar-refractivity contribution is 0.578. The van der Waals surface area contributed by atoms with Crippen molar-refractivity contribution in [3.63, 3.8) is 0 Å². The third-order valence-corrected chi connectivity index (χ3v) is 4.51. The first-order valence-electron chi connectivity index (χ1n) is 8.44. The van der Waals surface area contributed by atoms with Gasteiger partial charge in [-0.1, -0.05) is 6.07 Å². The number of anilines is 1. The number of nitrogen functional groups attached to an aromatic ring is 1. The van der Waals surface area contributed by atoms with Crippen LogP contribution in [0.5, 0.6) is 0 Å². The van der Waals surface area contributed by atoms with Gasteiger partial charge in [0.25, 0.3) is 5.56 Å². The molecule has 0 aliphatic rings. The summed E-state index contributed by atoms with van der Waals surface area (Å²) >= 11 is 0. The highest BCUT2D eigenvalue weighted by Gasteiger charge is 2.17. The molecule has 7 nitrogen and oxygen atoms in total. The fourth-order valence-corrected chi connectivity index (χ4v) is 3.32. The number of hydrogen-bond acceptors (Lipinski definition) is 5.